The molecule has 3 nitrogen and oxygen atoms in total. The van der Waals surface area contributed by atoms with E-state index in [1.807, 2.05) is 36.9 Å². The Bertz CT molecular complexity index is 929. The number of halogens is 2. The van der Waals surface area contributed by atoms with Crippen molar-refractivity contribution >= 4 is 5.91 Å². The molecule has 1 amide bonds. The third kappa shape index (κ3) is 4.06. The van der Waals surface area contributed by atoms with Gasteiger partial charge in [0, 0.05) is 42.7 Å². The Labute approximate surface area is 171 Å². The van der Waals surface area contributed by atoms with Crippen LogP contribution in [0, 0.1) is 30.9 Å². The topological polar surface area (TPSA) is 23.6 Å². The standard InChI is InChI=1S/C24H28F2N2O/c1-17-7-8-19(13-18(17)2)23(29)28-12-10-24(16-28)9-4-11-27(15-24)14-20-5-3-6-21(25)22(20)26/h3,5-8,13H,4,9-12,14-16H2,1-2H3/t24-/m0/s1. The van der Waals surface area contributed by atoms with Crippen LogP contribution in [0.5, 0.6) is 0 Å². The largest absolute Gasteiger partial charge is 0.338 e. The molecule has 2 aromatic rings. The molecule has 1 atom stereocenters. The molecular weight excluding hydrogens is 370 g/mol. The van der Waals surface area contributed by atoms with Crippen molar-refractivity contribution in [3.05, 3.63) is 70.3 Å². The van der Waals surface area contributed by atoms with Crippen LogP contribution in [0.2, 0.25) is 0 Å². The Balaban J connectivity index is 1.44. The molecule has 1 spiro atoms. The van der Waals surface area contributed by atoms with Gasteiger partial charge < -0.3 is 4.90 Å². The van der Waals surface area contributed by atoms with Crippen molar-refractivity contribution in [3.63, 3.8) is 0 Å². The van der Waals surface area contributed by atoms with E-state index in [-0.39, 0.29) is 11.3 Å². The van der Waals surface area contributed by atoms with Crippen molar-refractivity contribution in [2.24, 2.45) is 5.41 Å². The molecule has 0 N–H and O–H groups in total. The Kier molecular flexibility index (Phi) is 5.43. The van der Waals surface area contributed by atoms with E-state index in [2.05, 4.69) is 4.90 Å². The molecule has 154 valence electrons. The summed E-state index contributed by atoms with van der Waals surface area (Å²) < 4.78 is 27.6. The normalized spacial score (nSPS) is 22.4. The minimum Gasteiger partial charge on any atom is -0.338 e. The summed E-state index contributed by atoms with van der Waals surface area (Å²) in [5.74, 6) is -1.44. The predicted molar refractivity (Wildman–Crippen MR) is 110 cm³/mol. The van der Waals surface area contributed by atoms with Crippen LogP contribution in [0.4, 0.5) is 8.78 Å². The summed E-state index contributed by atoms with van der Waals surface area (Å²) >= 11 is 0. The fourth-order valence-corrected chi connectivity index (χ4v) is 4.86. The number of hydrogen-bond donors (Lipinski definition) is 0. The van der Waals surface area contributed by atoms with E-state index in [1.54, 1.807) is 12.1 Å². The SMILES string of the molecule is Cc1ccc(C(=O)N2CC[C@]3(CCCN(Cc4cccc(F)c4F)C3)C2)cc1C. The molecule has 2 aliphatic heterocycles. The van der Waals surface area contributed by atoms with Gasteiger partial charge >= 0.3 is 0 Å². The van der Waals surface area contributed by atoms with Gasteiger partial charge in [-0.25, -0.2) is 8.78 Å². The molecule has 2 aromatic carbocycles. The zero-order valence-electron chi connectivity index (χ0n) is 17.2. The van der Waals surface area contributed by atoms with E-state index < -0.39 is 11.6 Å². The Morgan fingerprint density at radius 1 is 1.03 bits per heavy atom. The second-order valence-electron chi connectivity index (χ2n) is 8.80. The number of piperidine rings is 1. The van der Waals surface area contributed by atoms with Crippen LogP contribution >= 0.6 is 0 Å². The Hall–Kier alpha value is -2.27. The summed E-state index contributed by atoms with van der Waals surface area (Å²) in [7, 11) is 0. The van der Waals surface area contributed by atoms with Gasteiger partial charge in [-0.05, 0) is 69.0 Å². The lowest BCUT2D eigenvalue weighted by Crippen LogP contribution is -2.45. The van der Waals surface area contributed by atoms with Crippen molar-refractivity contribution in [1.82, 2.24) is 9.80 Å². The van der Waals surface area contributed by atoms with E-state index in [4.69, 9.17) is 0 Å². The second-order valence-corrected chi connectivity index (χ2v) is 8.80. The monoisotopic (exact) mass is 398 g/mol. The van der Waals surface area contributed by atoms with Gasteiger partial charge in [-0.2, -0.15) is 0 Å². The minimum absolute atomic E-state index is 0.0530. The molecule has 2 saturated heterocycles. The van der Waals surface area contributed by atoms with Gasteiger partial charge in [-0.1, -0.05) is 18.2 Å². The minimum atomic E-state index is -0.791. The highest BCUT2D eigenvalue weighted by Crippen LogP contribution is 2.40. The summed E-state index contributed by atoms with van der Waals surface area (Å²) in [4.78, 5) is 17.2. The van der Waals surface area contributed by atoms with Crippen molar-refractivity contribution in [1.29, 1.82) is 0 Å². The quantitative estimate of drug-likeness (QED) is 0.748. The number of carbonyl (C=O) groups is 1. The third-order valence-corrected chi connectivity index (χ3v) is 6.65. The number of carbonyl (C=O) groups excluding carboxylic acids is 1. The van der Waals surface area contributed by atoms with E-state index in [9.17, 15) is 13.6 Å². The van der Waals surface area contributed by atoms with Gasteiger partial charge in [0.25, 0.3) is 5.91 Å². The zero-order chi connectivity index (χ0) is 20.6. The summed E-state index contributed by atoms with van der Waals surface area (Å²) in [5, 5.41) is 0. The number of benzene rings is 2. The van der Waals surface area contributed by atoms with Crippen LogP contribution in [0.25, 0.3) is 0 Å². The van der Waals surface area contributed by atoms with Crippen LogP contribution in [-0.4, -0.2) is 41.9 Å². The number of hydrogen-bond acceptors (Lipinski definition) is 2. The van der Waals surface area contributed by atoms with Crippen molar-refractivity contribution in [3.8, 4) is 0 Å². The smallest absolute Gasteiger partial charge is 0.253 e. The maximum Gasteiger partial charge on any atom is 0.253 e. The lowest BCUT2D eigenvalue weighted by atomic mass is 9.79. The van der Waals surface area contributed by atoms with E-state index in [0.717, 1.165) is 62.6 Å². The van der Waals surface area contributed by atoms with Gasteiger partial charge in [0.1, 0.15) is 0 Å². The predicted octanol–water partition coefficient (Wildman–Crippen LogP) is 4.71. The molecule has 5 heteroatoms. The van der Waals surface area contributed by atoms with E-state index in [0.29, 0.717) is 12.1 Å². The molecule has 0 unspecified atom stereocenters. The first-order valence-electron chi connectivity index (χ1n) is 10.4. The molecule has 2 heterocycles. The average Bonchev–Trinajstić information content (AvgIpc) is 3.10. The second kappa shape index (κ2) is 7.86. The summed E-state index contributed by atoms with van der Waals surface area (Å²) in [6.07, 6.45) is 3.06. The van der Waals surface area contributed by atoms with E-state index in [1.165, 1.54) is 5.56 Å². The highest BCUT2D eigenvalue weighted by Gasteiger charge is 2.43. The first-order chi connectivity index (χ1) is 13.9. The lowest BCUT2D eigenvalue weighted by Gasteiger charge is -2.40. The molecule has 0 saturated carbocycles. The van der Waals surface area contributed by atoms with Crippen LogP contribution in [0.1, 0.15) is 46.3 Å². The van der Waals surface area contributed by atoms with Gasteiger partial charge in [-0.15, -0.1) is 0 Å². The van der Waals surface area contributed by atoms with Crippen molar-refractivity contribution < 1.29 is 13.6 Å². The molecule has 2 fully saturated rings. The van der Waals surface area contributed by atoms with E-state index >= 15 is 0 Å². The number of rotatable bonds is 3. The number of likely N-dealkylation sites (tertiary alicyclic amines) is 2. The summed E-state index contributed by atoms with van der Waals surface area (Å²) in [6, 6.07) is 10.3. The summed E-state index contributed by atoms with van der Waals surface area (Å²) in [6.45, 7) is 7.68. The average molecular weight is 398 g/mol. The van der Waals surface area contributed by atoms with Crippen LogP contribution in [0.15, 0.2) is 36.4 Å². The van der Waals surface area contributed by atoms with Crippen LogP contribution < -0.4 is 0 Å². The first-order valence-corrected chi connectivity index (χ1v) is 10.4. The molecule has 4 rings (SSSR count). The number of aryl methyl sites for hydroxylation is 2. The molecule has 0 aromatic heterocycles. The first kappa shape index (κ1) is 20.0. The van der Waals surface area contributed by atoms with Crippen molar-refractivity contribution in [2.45, 2.75) is 39.7 Å². The Morgan fingerprint density at radius 2 is 1.86 bits per heavy atom. The molecule has 29 heavy (non-hydrogen) atoms. The third-order valence-electron chi connectivity index (χ3n) is 6.65. The molecule has 0 bridgehead atoms. The van der Waals surface area contributed by atoms with Crippen LogP contribution in [-0.2, 0) is 6.54 Å². The molecular formula is C24H28F2N2O. The highest BCUT2D eigenvalue weighted by molar-refractivity contribution is 5.94. The maximum atomic E-state index is 14.1. The fourth-order valence-electron chi connectivity index (χ4n) is 4.86. The molecule has 2 aliphatic rings. The molecule has 0 aliphatic carbocycles. The van der Waals surface area contributed by atoms with Gasteiger partial charge in [0.15, 0.2) is 11.6 Å². The highest BCUT2D eigenvalue weighted by atomic mass is 19.2. The maximum absolute atomic E-state index is 14.1. The van der Waals surface area contributed by atoms with Gasteiger partial charge in [0.05, 0.1) is 0 Å². The number of nitrogens with zero attached hydrogens (tertiary/aromatic N) is 2. The van der Waals surface area contributed by atoms with Gasteiger partial charge in [-0.3, -0.25) is 9.69 Å². The zero-order valence-corrected chi connectivity index (χ0v) is 17.2. The summed E-state index contributed by atoms with van der Waals surface area (Å²) in [5.41, 5.74) is 3.53. The number of amides is 1. The lowest BCUT2D eigenvalue weighted by molar-refractivity contribution is 0.0672. The van der Waals surface area contributed by atoms with Crippen molar-refractivity contribution in [2.75, 3.05) is 26.2 Å². The van der Waals surface area contributed by atoms with Crippen LogP contribution in [0.3, 0.4) is 0 Å². The van der Waals surface area contributed by atoms with Gasteiger partial charge in [0.2, 0.25) is 0 Å². The molecule has 0 radical (unpaired) electrons. The fraction of sp³-hybridized carbons (Fsp3) is 0.458. The Morgan fingerprint density at radius 3 is 2.66 bits per heavy atom.